The van der Waals surface area contributed by atoms with E-state index in [2.05, 4.69) is 5.32 Å². The van der Waals surface area contributed by atoms with Gasteiger partial charge in [-0.1, -0.05) is 42.5 Å². The Bertz CT molecular complexity index is 851. The number of nitrogens with one attached hydrogen (secondary N) is 1. The van der Waals surface area contributed by atoms with Crippen molar-refractivity contribution >= 4 is 17.7 Å². The van der Waals surface area contributed by atoms with Crippen LogP contribution < -0.4 is 11.1 Å². The van der Waals surface area contributed by atoms with Gasteiger partial charge in [0.1, 0.15) is 0 Å². The normalized spacial score (nSPS) is 16.4. The Balaban J connectivity index is 1.53. The average molecular weight is 379 g/mol. The summed E-state index contributed by atoms with van der Waals surface area (Å²) >= 11 is 0. The second-order valence-corrected chi connectivity index (χ2v) is 7.12. The zero-order valence-corrected chi connectivity index (χ0v) is 15.8. The highest BCUT2D eigenvalue weighted by atomic mass is 16.2. The third-order valence-corrected chi connectivity index (χ3v) is 5.02. The van der Waals surface area contributed by atoms with Crippen LogP contribution in [0.15, 0.2) is 54.6 Å². The molecule has 1 fully saturated rings. The van der Waals surface area contributed by atoms with E-state index in [4.69, 9.17) is 5.73 Å². The number of nitrogens with two attached hydrogens (primary N) is 1. The van der Waals surface area contributed by atoms with Crippen LogP contribution in [0.2, 0.25) is 0 Å². The smallest absolute Gasteiger partial charge is 0.248 e. The molecule has 0 aromatic heterocycles. The van der Waals surface area contributed by atoms with E-state index in [1.807, 2.05) is 36.4 Å². The number of nitrogens with zero attached hydrogens (tertiary/aromatic N) is 1. The lowest BCUT2D eigenvalue weighted by molar-refractivity contribution is -0.135. The number of hydrogen-bond acceptors (Lipinski definition) is 3. The van der Waals surface area contributed by atoms with Gasteiger partial charge in [0.2, 0.25) is 17.7 Å². The Kier molecular flexibility index (Phi) is 6.42. The van der Waals surface area contributed by atoms with Gasteiger partial charge in [0.05, 0.1) is 12.3 Å². The summed E-state index contributed by atoms with van der Waals surface area (Å²) in [6, 6.07) is 16.5. The lowest BCUT2D eigenvalue weighted by atomic mass is 9.96. The van der Waals surface area contributed by atoms with Crippen LogP contribution in [0.5, 0.6) is 0 Å². The van der Waals surface area contributed by atoms with E-state index in [9.17, 15) is 14.4 Å². The molecule has 3 rings (SSSR count). The van der Waals surface area contributed by atoms with Crippen LogP contribution in [-0.4, -0.2) is 35.7 Å². The summed E-state index contributed by atoms with van der Waals surface area (Å²) in [4.78, 5) is 38.2. The van der Waals surface area contributed by atoms with Gasteiger partial charge in [-0.2, -0.15) is 0 Å². The van der Waals surface area contributed by atoms with Crippen molar-refractivity contribution in [2.75, 3.05) is 13.1 Å². The summed E-state index contributed by atoms with van der Waals surface area (Å²) in [7, 11) is 0. The minimum absolute atomic E-state index is 0.0536. The van der Waals surface area contributed by atoms with Crippen LogP contribution in [0.25, 0.3) is 0 Å². The second kappa shape index (κ2) is 9.17. The van der Waals surface area contributed by atoms with E-state index in [0.29, 0.717) is 31.6 Å². The van der Waals surface area contributed by atoms with Crippen LogP contribution >= 0.6 is 0 Å². The molecule has 0 aliphatic carbocycles. The number of carbonyl (C=O) groups excluding carboxylic acids is 3. The predicted molar refractivity (Wildman–Crippen MR) is 106 cm³/mol. The van der Waals surface area contributed by atoms with E-state index >= 15 is 0 Å². The van der Waals surface area contributed by atoms with Crippen molar-refractivity contribution in [2.45, 2.75) is 25.8 Å². The lowest BCUT2D eigenvalue weighted by Crippen LogP contribution is -2.45. The third-order valence-electron chi connectivity index (χ3n) is 5.02. The van der Waals surface area contributed by atoms with E-state index in [-0.39, 0.29) is 17.7 Å². The van der Waals surface area contributed by atoms with E-state index in [0.717, 1.165) is 24.0 Å². The number of rotatable bonds is 6. The number of primary amides is 1. The van der Waals surface area contributed by atoms with Crippen molar-refractivity contribution < 1.29 is 14.4 Å². The first-order chi connectivity index (χ1) is 13.5. The number of hydrogen-bond donors (Lipinski definition) is 2. The van der Waals surface area contributed by atoms with Gasteiger partial charge >= 0.3 is 0 Å². The minimum Gasteiger partial charge on any atom is -0.366 e. The molecule has 0 saturated carbocycles. The summed E-state index contributed by atoms with van der Waals surface area (Å²) in [6.45, 7) is 1.46. The summed E-state index contributed by atoms with van der Waals surface area (Å²) in [5.41, 5.74) is 7.51. The van der Waals surface area contributed by atoms with Crippen LogP contribution in [0, 0.1) is 5.92 Å². The molecular weight excluding hydrogens is 354 g/mol. The molecule has 1 unspecified atom stereocenters. The van der Waals surface area contributed by atoms with Gasteiger partial charge in [-0.3, -0.25) is 14.4 Å². The highest BCUT2D eigenvalue weighted by molar-refractivity contribution is 5.92. The first kappa shape index (κ1) is 19.6. The molecule has 146 valence electrons. The molecule has 28 heavy (non-hydrogen) atoms. The Hall–Kier alpha value is -3.15. The van der Waals surface area contributed by atoms with Gasteiger partial charge in [-0.25, -0.2) is 0 Å². The second-order valence-electron chi connectivity index (χ2n) is 7.12. The van der Waals surface area contributed by atoms with Crippen molar-refractivity contribution in [3.05, 3.63) is 71.3 Å². The highest BCUT2D eigenvalue weighted by Crippen LogP contribution is 2.18. The van der Waals surface area contributed by atoms with E-state index in [1.165, 1.54) is 0 Å². The monoisotopic (exact) mass is 379 g/mol. The molecule has 6 nitrogen and oxygen atoms in total. The fourth-order valence-corrected chi connectivity index (χ4v) is 3.47. The third kappa shape index (κ3) is 5.19. The summed E-state index contributed by atoms with van der Waals surface area (Å²) in [6.07, 6.45) is 1.94. The predicted octanol–water partition coefficient (Wildman–Crippen LogP) is 1.88. The number of piperidine rings is 1. The van der Waals surface area contributed by atoms with Crippen LogP contribution in [0.3, 0.4) is 0 Å². The maximum atomic E-state index is 12.6. The molecule has 2 aromatic carbocycles. The molecule has 3 N–H and O–H groups in total. The summed E-state index contributed by atoms with van der Waals surface area (Å²) in [5, 5.41) is 2.91. The van der Waals surface area contributed by atoms with E-state index in [1.54, 1.807) is 23.1 Å². The molecule has 1 heterocycles. The fraction of sp³-hybridized carbons (Fsp3) is 0.318. The number of carbonyl (C=O) groups is 3. The Morgan fingerprint density at radius 2 is 1.79 bits per heavy atom. The first-order valence-electron chi connectivity index (χ1n) is 9.51. The van der Waals surface area contributed by atoms with Crippen molar-refractivity contribution in [3.8, 4) is 0 Å². The number of likely N-dealkylation sites (tertiary alicyclic amines) is 1. The Morgan fingerprint density at radius 3 is 2.54 bits per heavy atom. The van der Waals surface area contributed by atoms with Gasteiger partial charge in [-0.15, -0.1) is 0 Å². The molecule has 2 aromatic rings. The standard InChI is InChI=1S/C22H25N3O3/c23-21(27)18-9-4-8-17(12-18)14-24-22(28)19-10-5-11-25(15-19)20(26)13-16-6-2-1-3-7-16/h1-4,6-9,12,19H,5,10-11,13-15H2,(H2,23,27)(H,24,28). The molecule has 0 spiro atoms. The van der Waals surface area contributed by atoms with Crippen LogP contribution in [0.4, 0.5) is 0 Å². The molecule has 1 aliphatic heterocycles. The van der Waals surface area contributed by atoms with Gasteiger partial charge < -0.3 is 16.0 Å². The SMILES string of the molecule is NC(=O)c1cccc(CNC(=O)C2CCCN(C(=O)Cc3ccccc3)C2)c1. The highest BCUT2D eigenvalue weighted by Gasteiger charge is 2.28. The molecule has 6 heteroatoms. The van der Waals surface area contributed by atoms with Crippen LogP contribution in [-0.2, 0) is 22.6 Å². The molecule has 3 amide bonds. The molecule has 0 bridgehead atoms. The maximum absolute atomic E-state index is 12.6. The largest absolute Gasteiger partial charge is 0.366 e. The average Bonchev–Trinajstić information content (AvgIpc) is 2.73. The Labute approximate surface area is 164 Å². The molecule has 1 aliphatic rings. The van der Waals surface area contributed by atoms with Crippen molar-refractivity contribution in [1.29, 1.82) is 0 Å². The summed E-state index contributed by atoms with van der Waals surface area (Å²) < 4.78 is 0. The zero-order chi connectivity index (χ0) is 19.9. The van der Waals surface area contributed by atoms with Gasteiger partial charge in [0.25, 0.3) is 0 Å². The van der Waals surface area contributed by atoms with Crippen molar-refractivity contribution in [3.63, 3.8) is 0 Å². The van der Waals surface area contributed by atoms with E-state index < -0.39 is 5.91 Å². The number of amides is 3. The zero-order valence-electron chi connectivity index (χ0n) is 15.8. The fourth-order valence-electron chi connectivity index (χ4n) is 3.47. The van der Waals surface area contributed by atoms with Crippen molar-refractivity contribution in [1.82, 2.24) is 10.2 Å². The van der Waals surface area contributed by atoms with Gasteiger partial charge in [0.15, 0.2) is 0 Å². The molecule has 1 saturated heterocycles. The lowest BCUT2D eigenvalue weighted by Gasteiger charge is -2.32. The Morgan fingerprint density at radius 1 is 1.04 bits per heavy atom. The molecule has 1 atom stereocenters. The minimum atomic E-state index is -0.493. The molecule has 0 radical (unpaired) electrons. The quantitative estimate of drug-likeness (QED) is 0.803. The molecular formula is C22H25N3O3. The topological polar surface area (TPSA) is 92.5 Å². The van der Waals surface area contributed by atoms with Crippen molar-refractivity contribution in [2.24, 2.45) is 11.7 Å². The van der Waals surface area contributed by atoms with Gasteiger partial charge in [-0.05, 0) is 36.1 Å². The summed E-state index contributed by atoms with van der Waals surface area (Å²) in [5.74, 6) is -0.722. The number of benzene rings is 2. The first-order valence-corrected chi connectivity index (χ1v) is 9.51. The van der Waals surface area contributed by atoms with Crippen LogP contribution in [0.1, 0.15) is 34.3 Å². The maximum Gasteiger partial charge on any atom is 0.248 e. The van der Waals surface area contributed by atoms with Gasteiger partial charge in [0, 0.05) is 25.2 Å².